The SMILES string of the molecule is CCCCCOc1ccc(C2/C(=C(/O)c3ccc(C)cc3)C(=O)C(=O)N2c2nnc(SCc3ccccc3F)s2)cc1. The number of hydrogen-bond donors (Lipinski definition) is 1. The zero-order valence-electron chi connectivity index (χ0n) is 23.2. The molecule has 0 saturated carbocycles. The molecule has 1 fully saturated rings. The highest BCUT2D eigenvalue weighted by Gasteiger charge is 2.48. The van der Waals surface area contributed by atoms with Crippen LogP contribution in [0.5, 0.6) is 5.75 Å². The predicted octanol–water partition coefficient (Wildman–Crippen LogP) is 7.47. The van der Waals surface area contributed by atoms with Gasteiger partial charge in [-0.15, -0.1) is 10.2 Å². The van der Waals surface area contributed by atoms with Crippen LogP contribution >= 0.6 is 23.1 Å². The lowest BCUT2D eigenvalue weighted by molar-refractivity contribution is -0.132. The van der Waals surface area contributed by atoms with E-state index >= 15 is 0 Å². The first-order valence-electron chi connectivity index (χ1n) is 13.7. The van der Waals surface area contributed by atoms with E-state index in [4.69, 9.17) is 4.74 Å². The monoisotopic (exact) mass is 603 g/mol. The average Bonchev–Trinajstić information content (AvgIpc) is 3.57. The van der Waals surface area contributed by atoms with Crippen LogP contribution < -0.4 is 9.64 Å². The summed E-state index contributed by atoms with van der Waals surface area (Å²) in [5.74, 6) is -1.19. The van der Waals surface area contributed by atoms with E-state index in [0.29, 0.717) is 39.1 Å². The fourth-order valence-electron chi connectivity index (χ4n) is 4.61. The van der Waals surface area contributed by atoms with Gasteiger partial charge in [0, 0.05) is 11.3 Å². The number of Topliss-reactive ketones (excluding diaryl/α,β-unsaturated/α-hetero) is 1. The largest absolute Gasteiger partial charge is 0.507 e. The molecule has 1 N–H and O–H groups in total. The van der Waals surface area contributed by atoms with Crippen LogP contribution in [-0.4, -0.2) is 33.6 Å². The van der Waals surface area contributed by atoms with E-state index in [2.05, 4.69) is 17.1 Å². The van der Waals surface area contributed by atoms with Crippen LogP contribution in [0.2, 0.25) is 0 Å². The van der Waals surface area contributed by atoms with Gasteiger partial charge in [-0.3, -0.25) is 14.5 Å². The zero-order valence-corrected chi connectivity index (χ0v) is 24.9. The van der Waals surface area contributed by atoms with Crippen molar-refractivity contribution in [2.24, 2.45) is 0 Å². The van der Waals surface area contributed by atoms with Crippen LogP contribution in [0.4, 0.5) is 9.52 Å². The number of aryl methyl sites for hydroxylation is 1. The molecule has 1 atom stereocenters. The first kappa shape index (κ1) is 29.5. The minimum absolute atomic E-state index is 0.0313. The van der Waals surface area contributed by atoms with E-state index < -0.39 is 17.7 Å². The highest BCUT2D eigenvalue weighted by molar-refractivity contribution is 8.00. The number of anilines is 1. The van der Waals surface area contributed by atoms with Crippen molar-refractivity contribution in [1.29, 1.82) is 0 Å². The molecule has 3 aromatic carbocycles. The normalized spacial score (nSPS) is 16.3. The number of aliphatic hydroxyl groups is 1. The molecule has 0 radical (unpaired) electrons. The molecule has 5 rings (SSSR count). The Labute approximate surface area is 252 Å². The lowest BCUT2D eigenvalue weighted by Gasteiger charge is -2.22. The molecule has 0 aliphatic carbocycles. The van der Waals surface area contributed by atoms with E-state index in [9.17, 15) is 19.1 Å². The molecule has 1 aliphatic heterocycles. The third-order valence-electron chi connectivity index (χ3n) is 6.89. The summed E-state index contributed by atoms with van der Waals surface area (Å²) in [6.07, 6.45) is 3.12. The Balaban J connectivity index is 1.49. The Morgan fingerprint density at radius 2 is 1.76 bits per heavy atom. The quantitative estimate of drug-likeness (QED) is 0.0475. The second kappa shape index (κ2) is 13.3. The summed E-state index contributed by atoms with van der Waals surface area (Å²) in [6.45, 7) is 4.65. The second-order valence-corrected chi connectivity index (χ2v) is 12.1. The van der Waals surface area contributed by atoms with Crippen LogP contribution in [0.3, 0.4) is 0 Å². The van der Waals surface area contributed by atoms with Crippen molar-refractivity contribution < 1.29 is 23.8 Å². The highest BCUT2D eigenvalue weighted by Crippen LogP contribution is 2.44. The molecular weight excluding hydrogens is 574 g/mol. The van der Waals surface area contributed by atoms with E-state index in [1.54, 1.807) is 54.6 Å². The third-order valence-corrected chi connectivity index (χ3v) is 9.00. The van der Waals surface area contributed by atoms with Gasteiger partial charge < -0.3 is 9.84 Å². The number of nitrogens with zero attached hydrogens (tertiary/aromatic N) is 3. The Morgan fingerprint density at radius 1 is 1.02 bits per heavy atom. The van der Waals surface area contributed by atoms with Crippen molar-refractivity contribution >= 4 is 45.7 Å². The Morgan fingerprint density at radius 3 is 2.48 bits per heavy atom. The van der Waals surface area contributed by atoms with Gasteiger partial charge in [-0.2, -0.15) is 0 Å². The first-order valence-corrected chi connectivity index (χ1v) is 15.5. The van der Waals surface area contributed by atoms with Crippen molar-refractivity contribution in [3.05, 3.63) is 106 Å². The van der Waals surface area contributed by atoms with Gasteiger partial charge in [0.15, 0.2) is 4.34 Å². The van der Waals surface area contributed by atoms with Crippen LogP contribution in [-0.2, 0) is 15.3 Å². The number of benzene rings is 3. The number of unbranched alkanes of at least 4 members (excludes halogenated alkanes) is 2. The molecule has 10 heteroatoms. The topological polar surface area (TPSA) is 92.6 Å². The van der Waals surface area contributed by atoms with E-state index in [-0.39, 0.29) is 22.3 Å². The van der Waals surface area contributed by atoms with Crippen LogP contribution in [0, 0.1) is 12.7 Å². The first-order chi connectivity index (χ1) is 20.4. The fraction of sp³-hybridized carbons (Fsp3) is 0.250. The number of aromatic nitrogens is 2. The molecule has 7 nitrogen and oxygen atoms in total. The molecule has 1 saturated heterocycles. The fourth-order valence-corrected chi connectivity index (χ4v) is 6.47. The maximum Gasteiger partial charge on any atom is 0.301 e. The maximum absolute atomic E-state index is 14.1. The van der Waals surface area contributed by atoms with Crippen molar-refractivity contribution in [1.82, 2.24) is 10.2 Å². The summed E-state index contributed by atoms with van der Waals surface area (Å²) < 4.78 is 20.5. The molecule has 0 spiro atoms. The molecule has 1 aromatic heterocycles. The standard InChI is InChI=1S/C32H30FN3O4S2/c1-3-4-7-18-40-24-16-14-21(15-17-24)27-26(28(37)22-12-10-20(2)11-13-22)29(38)30(39)36(27)31-34-35-32(42-31)41-19-23-8-5-6-9-25(23)33/h5-6,8-17,27,37H,3-4,7,18-19H2,1-2H3/b28-26-. The summed E-state index contributed by atoms with van der Waals surface area (Å²) in [4.78, 5) is 28.2. The van der Waals surface area contributed by atoms with Gasteiger partial charge in [-0.1, -0.05) is 103 Å². The van der Waals surface area contributed by atoms with Crippen molar-refractivity contribution in [2.75, 3.05) is 11.5 Å². The number of aliphatic hydroxyl groups excluding tert-OH is 1. The van der Waals surface area contributed by atoms with E-state index in [1.807, 2.05) is 19.1 Å². The number of carbonyl (C=O) groups is 2. The molecule has 0 bridgehead atoms. The zero-order chi connectivity index (χ0) is 29.6. The minimum Gasteiger partial charge on any atom is -0.507 e. The number of halogens is 1. The minimum atomic E-state index is -0.933. The van der Waals surface area contributed by atoms with Crippen molar-refractivity contribution in [3.63, 3.8) is 0 Å². The number of rotatable bonds is 11. The average molecular weight is 604 g/mol. The van der Waals surface area contributed by atoms with Gasteiger partial charge in [0.1, 0.15) is 17.3 Å². The Bertz CT molecular complexity index is 1600. The van der Waals surface area contributed by atoms with Gasteiger partial charge in [-0.05, 0) is 42.7 Å². The number of ether oxygens (including phenoxy) is 1. The van der Waals surface area contributed by atoms with E-state index in [0.717, 1.165) is 36.2 Å². The number of thioether (sulfide) groups is 1. The molecule has 42 heavy (non-hydrogen) atoms. The lowest BCUT2D eigenvalue weighted by Crippen LogP contribution is -2.29. The molecule has 1 amide bonds. The predicted molar refractivity (Wildman–Crippen MR) is 163 cm³/mol. The van der Waals surface area contributed by atoms with Crippen LogP contribution in [0.25, 0.3) is 5.76 Å². The summed E-state index contributed by atoms with van der Waals surface area (Å²) in [5.41, 5.74) is 2.52. The summed E-state index contributed by atoms with van der Waals surface area (Å²) in [6, 6.07) is 19.8. The summed E-state index contributed by atoms with van der Waals surface area (Å²) in [5, 5.41) is 20.0. The van der Waals surface area contributed by atoms with Gasteiger partial charge >= 0.3 is 5.91 Å². The highest BCUT2D eigenvalue weighted by atomic mass is 32.2. The third kappa shape index (κ3) is 6.39. The maximum atomic E-state index is 14.1. The molecule has 2 heterocycles. The molecule has 1 unspecified atom stereocenters. The van der Waals surface area contributed by atoms with Gasteiger partial charge in [0.25, 0.3) is 5.78 Å². The van der Waals surface area contributed by atoms with Crippen LogP contribution in [0.1, 0.15) is 54.5 Å². The smallest absolute Gasteiger partial charge is 0.301 e. The number of ketones is 1. The number of hydrogen-bond acceptors (Lipinski definition) is 8. The van der Waals surface area contributed by atoms with Gasteiger partial charge in [0.05, 0.1) is 18.2 Å². The van der Waals surface area contributed by atoms with Crippen molar-refractivity contribution in [2.45, 2.75) is 49.2 Å². The van der Waals surface area contributed by atoms with E-state index in [1.165, 1.54) is 22.7 Å². The van der Waals surface area contributed by atoms with Gasteiger partial charge in [0.2, 0.25) is 5.13 Å². The molecule has 4 aromatic rings. The van der Waals surface area contributed by atoms with Crippen LogP contribution in [0.15, 0.2) is 82.7 Å². The Hall–Kier alpha value is -4.02. The summed E-state index contributed by atoms with van der Waals surface area (Å²) >= 11 is 2.42. The second-order valence-electron chi connectivity index (χ2n) is 9.89. The van der Waals surface area contributed by atoms with Gasteiger partial charge in [-0.25, -0.2) is 4.39 Å². The molecule has 1 aliphatic rings. The molecule has 216 valence electrons. The summed E-state index contributed by atoms with van der Waals surface area (Å²) in [7, 11) is 0. The van der Waals surface area contributed by atoms with Crippen molar-refractivity contribution in [3.8, 4) is 5.75 Å². The Kier molecular flexibility index (Phi) is 9.34. The molecular formula is C32H30FN3O4S2. The lowest BCUT2D eigenvalue weighted by atomic mass is 9.95. The number of amides is 1. The number of carbonyl (C=O) groups excluding carboxylic acids is 2.